The molecular weight excluding hydrogens is 370 g/mol. The molecule has 0 amide bonds. The van der Waals surface area contributed by atoms with Crippen LogP contribution in [0.1, 0.15) is 78.6 Å². The highest BCUT2D eigenvalue weighted by atomic mass is 16.5. The van der Waals surface area contributed by atoms with Gasteiger partial charge in [-0.15, -0.1) is 5.10 Å². The molecule has 5 rings (SSSR count). The van der Waals surface area contributed by atoms with Crippen molar-refractivity contribution in [2.24, 2.45) is 52.8 Å². The maximum Gasteiger partial charge on any atom is 0.0692 e. The van der Waals surface area contributed by atoms with E-state index in [0.29, 0.717) is 11.3 Å². The first-order valence-corrected chi connectivity index (χ1v) is 13.0. The van der Waals surface area contributed by atoms with Crippen molar-refractivity contribution in [1.82, 2.24) is 15.0 Å². The molecule has 0 saturated heterocycles. The summed E-state index contributed by atoms with van der Waals surface area (Å²) in [4.78, 5) is 0. The fourth-order valence-electron chi connectivity index (χ4n) is 9.11. The van der Waals surface area contributed by atoms with E-state index in [4.69, 9.17) is 4.74 Å². The molecule has 0 aliphatic heterocycles. The lowest BCUT2D eigenvalue weighted by Gasteiger charge is -2.57. The summed E-state index contributed by atoms with van der Waals surface area (Å²) in [5.74, 6) is 7.43. The van der Waals surface area contributed by atoms with E-state index in [-0.39, 0.29) is 0 Å². The SMILES string of the molecule is CCOC[C@H]1CC[C@@H]2C3CC[C@@]4(C)C(CCC4[C@H](C)Cn4ccnn4)[C@@H]3CC[C@@H]2C1. The lowest BCUT2D eigenvalue weighted by atomic mass is 9.49. The first-order valence-electron chi connectivity index (χ1n) is 13.0. The minimum absolute atomic E-state index is 0.556. The van der Waals surface area contributed by atoms with E-state index in [1.807, 2.05) is 12.4 Å². The van der Waals surface area contributed by atoms with Crippen molar-refractivity contribution in [3.8, 4) is 0 Å². The Morgan fingerprint density at radius 3 is 2.73 bits per heavy atom. The lowest BCUT2D eigenvalue weighted by Crippen LogP contribution is -2.49. The van der Waals surface area contributed by atoms with Crippen LogP contribution >= 0.6 is 0 Å². The van der Waals surface area contributed by atoms with Crippen LogP contribution in [0.2, 0.25) is 0 Å². The second kappa shape index (κ2) is 8.56. The van der Waals surface area contributed by atoms with Gasteiger partial charge >= 0.3 is 0 Å². The number of ether oxygens (including phenoxy) is 1. The Hall–Kier alpha value is -0.900. The molecule has 0 radical (unpaired) electrons. The van der Waals surface area contributed by atoms with Gasteiger partial charge in [0.25, 0.3) is 0 Å². The molecule has 4 aliphatic rings. The van der Waals surface area contributed by atoms with E-state index in [1.54, 1.807) is 0 Å². The Morgan fingerprint density at radius 1 is 1.07 bits per heavy atom. The third-order valence-electron chi connectivity index (χ3n) is 10.3. The second-order valence-corrected chi connectivity index (χ2v) is 11.6. The molecule has 168 valence electrons. The van der Waals surface area contributed by atoms with Crippen LogP contribution in [0.4, 0.5) is 0 Å². The minimum Gasteiger partial charge on any atom is -0.381 e. The normalized spacial score (nSPS) is 44.2. The van der Waals surface area contributed by atoms with Crippen molar-refractivity contribution in [3.63, 3.8) is 0 Å². The van der Waals surface area contributed by atoms with Gasteiger partial charge in [-0.3, -0.25) is 4.68 Å². The van der Waals surface area contributed by atoms with Gasteiger partial charge in [0.05, 0.1) is 6.20 Å². The highest BCUT2D eigenvalue weighted by Crippen LogP contribution is 2.65. The topological polar surface area (TPSA) is 39.9 Å². The zero-order chi connectivity index (χ0) is 20.7. The van der Waals surface area contributed by atoms with Gasteiger partial charge in [-0.1, -0.05) is 19.1 Å². The third kappa shape index (κ3) is 3.65. The van der Waals surface area contributed by atoms with Crippen LogP contribution in [0.5, 0.6) is 0 Å². The molecule has 1 heterocycles. The number of hydrogen-bond donors (Lipinski definition) is 0. The van der Waals surface area contributed by atoms with Gasteiger partial charge in [0.1, 0.15) is 0 Å². The van der Waals surface area contributed by atoms with E-state index in [0.717, 1.165) is 61.2 Å². The fourth-order valence-corrected chi connectivity index (χ4v) is 9.11. The van der Waals surface area contributed by atoms with Gasteiger partial charge in [-0.2, -0.15) is 0 Å². The summed E-state index contributed by atoms with van der Waals surface area (Å²) >= 11 is 0. The molecule has 4 fully saturated rings. The second-order valence-electron chi connectivity index (χ2n) is 11.6. The molecule has 0 N–H and O–H groups in total. The Labute approximate surface area is 183 Å². The Bertz CT molecular complexity index is 690. The predicted molar refractivity (Wildman–Crippen MR) is 120 cm³/mol. The summed E-state index contributed by atoms with van der Waals surface area (Å²) in [6.07, 6.45) is 17.1. The molecule has 30 heavy (non-hydrogen) atoms. The van der Waals surface area contributed by atoms with E-state index >= 15 is 0 Å². The standard InChI is InChI=1S/C26H43N3O/c1-4-30-17-19-5-7-21-20(15-19)6-8-23-22(21)11-12-26(3)24(9-10-25(23)26)18(2)16-29-14-13-27-28-29/h13-14,18-25H,4-12,15-17H2,1-3H3/t18-,19+,20-,21+,22?,23-,24?,25?,26-/m1/s1. The average molecular weight is 414 g/mol. The number of rotatable bonds is 6. The van der Waals surface area contributed by atoms with Crippen molar-refractivity contribution in [3.05, 3.63) is 12.4 Å². The smallest absolute Gasteiger partial charge is 0.0692 e. The summed E-state index contributed by atoms with van der Waals surface area (Å²) in [5, 5.41) is 8.27. The van der Waals surface area contributed by atoms with Gasteiger partial charge < -0.3 is 4.74 Å². The van der Waals surface area contributed by atoms with Gasteiger partial charge in [-0.05, 0) is 117 Å². The zero-order valence-electron chi connectivity index (χ0n) is 19.5. The number of fused-ring (bicyclic) bond motifs is 5. The van der Waals surface area contributed by atoms with Crippen molar-refractivity contribution < 1.29 is 4.74 Å². The van der Waals surface area contributed by atoms with Crippen molar-refractivity contribution in [2.75, 3.05) is 13.2 Å². The predicted octanol–water partition coefficient (Wildman–Crippen LogP) is 5.84. The number of aromatic nitrogens is 3. The summed E-state index contributed by atoms with van der Waals surface area (Å²) in [7, 11) is 0. The van der Waals surface area contributed by atoms with E-state index in [1.165, 1.54) is 57.8 Å². The average Bonchev–Trinajstić information content (AvgIpc) is 3.38. The molecule has 0 bridgehead atoms. The maximum atomic E-state index is 5.79. The molecule has 1 aromatic rings. The van der Waals surface area contributed by atoms with Gasteiger partial charge in [0.2, 0.25) is 0 Å². The largest absolute Gasteiger partial charge is 0.381 e. The van der Waals surface area contributed by atoms with E-state index in [2.05, 4.69) is 35.8 Å². The summed E-state index contributed by atoms with van der Waals surface area (Å²) in [5.41, 5.74) is 0.556. The number of hydrogen-bond acceptors (Lipinski definition) is 3. The first kappa shape index (κ1) is 21.0. The summed E-state index contributed by atoms with van der Waals surface area (Å²) < 4.78 is 7.85. The van der Waals surface area contributed by atoms with Crippen LogP contribution < -0.4 is 0 Å². The van der Waals surface area contributed by atoms with Crippen LogP contribution in [-0.4, -0.2) is 28.2 Å². The Balaban J connectivity index is 1.25. The summed E-state index contributed by atoms with van der Waals surface area (Å²) in [6, 6.07) is 0. The van der Waals surface area contributed by atoms with Gasteiger partial charge in [0.15, 0.2) is 0 Å². The van der Waals surface area contributed by atoms with E-state index in [9.17, 15) is 0 Å². The fraction of sp³-hybridized carbons (Fsp3) is 0.923. The summed E-state index contributed by atoms with van der Waals surface area (Å²) in [6.45, 7) is 10.2. The molecule has 4 saturated carbocycles. The molecule has 4 aliphatic carbocycles. The van der Waals surface area contributed by atoms with Crippen molar-refractivity contribution in [2.45, 2.75) is 85.1 Å². The Morgan fingerprint density at radius 2 is 1.93 bits per heavy atom. The molecule has 0 aromatic carbocycles. The van der Waals surface area contributed by atoms with Crippen LogP contribution in [0.15, 0.2) is 12.4 Å². The van der Waals surface area contributed by atoms with Crippen LogP contribution in [-0.2, 0) is 11.3 Å². The van der Waals surface area contributed by atoms with Crippen LogP contribution in [0.25, 0.3) is 0 Å². The highest BCUT2D eigenvalue weighted by molar-refractivity contribution is 5.06. The molecule has 4 nitrogen and oxygen atoms in total. The minimum atomic E-state index is 0.556. The third-order valence-corrected chi connectivity index (χ3v) is 10.3. The van der Waals surface area contributed by atoms with Crippen LogP contribution in [0, 0.1) is 52.8 Å². The maximum absolute atomic E-state index is 5.79. The first-order chi connectivity index (χ1) is 14.6. The zero-order valence-corrected chi connectivity index (χ0v) is 19.5. The van der Waals surface area contributed by atoms with Gasteiger partial charge in [0, 0.05) is 26.0 Å². The van der Waals surface area contributed by atoms with Crippen molar-refractivity contribution >= 4 is 0 Å². The Kier molecular flexibility index (Phi) is 5.98. The number of nitrogens with zero attached hydrogens (tertiary/aromatic N) is 3. The lowest BCUT2D eigenvalue weighted by molar-refractivity contribution is -0.0786. The van der Waals surface area contributed by atoms with E-state index < -0.39 is 0 Å². The molecule has 0 spiro atoms. The quantitative estimate of drug-likeness (QED) is 0.588. The van der Waals surface area contributed by atoms with Crippen LogP contribution in [0.3, 0.4) is 0 Å². The molecule has 1 aromatic heterocycles. The molecule has 4 heteroatoms. The van der Waals surface area contributed by atoms with Crippen molar-refractivity contribution in [1.29, 1.82) is 0 Å². The monoisotopic (exact) mass is 413 g/mol. The highest BCUT2D eigenvalue weighted by Gasteiger charge is 2.57. The molecule has 9 atom stereocenters. The molecular formula is C26H43N3O. The van der Waals surface area contributed by atoms with Gasteiger partial charge in [-0.25, -0.2) is 0 Å². The molecule has 3 unspecified atom stereocenters.